The van der Waals surface area contributed by atoms with Crippen molar-refractivity contribution in [2.75, 3.05) is 33.7 Å². The fraction of sp³-hybridized carbons (Fsp3) is 1.00. The summed E-state index contributed by atoms with van der Waals surface area (Å²) in [5.41, 5.74) is 0. The Morgan fingerprint density at radius 2 is 1.94 bits per heavy atom. The number of unbranched alkanes of at least 4 members (excludes halogenated alkanes) is 1. The quantitative estimate of drug-likeness (QED) is 0.606. The molecule has 0 spiro atoms. The molecule has 0 heterocycles. The summed E-state index contributed by atoms with van der Waals surface area (Å²) in [6.45, 7) is 2.97. The summed E-state index contributed by atoms with van der Waals surface area (Å²) in [6, 6.07) is 0. The van der Waals surface area contributed by atoms with E-state index in [4.69, 9.17) is 0 Å². The Morgan fingerprint density at radius 1 is 1.24 bits per heavy atom. The van der Waals surface area contributed by atoms with Crippen LogP contribution in [-0.2, 0) is 0 Å². The van der Waals surface area contributed by atoms with Crippen molar-refractivity contribution in [3.05, 3.63) is 0 Å². The summed E-state index contributed by atoms with van der Waals surface area (Å²) >= 11 is 0. The van der Waals surface area contributed by atoms with E-state index in [-0.39, 0.29) is 6.10 Å². The van der Waals surface area contributed by atoms with Crippen LogP contribution in [-0.4, -0.2) is 49.8 Å². The lowest BCUT2D eigenvalue weighted by atomic mass is 10.00. The Morgan fingerprint density at radius 3 is 2.59 bits per heavy atom. The Hall–Kier alpha value is -0.120. The number of hydrogen-bond acceptors (Lipinski definition) is 3. The number of hydrogen-bond donors (Lipinski definition) is 2. The second-order valence-electron chi connectivity index (χ2n) is 5.75. The van der Waals surface area contributed by atoms with E-state index in [0.717, 1.165) is 32.0 Å². The summed E-state index contributed by atoms with van der Waals surface area (Å²) < 4.78 is 0. The van der Waals surface area contributed by atoms with Crippen LogP contribution in [0.3, 0.4) is 0 Å². The molecule has 0 aromatic carbocycles. The highest BCUT2D eigenvalue weighted by Crippen LogP contribution is 2.28. The summed E-state index contributed by atoms with van der Waals surface area (Å²) in [5.74, 6) is 0.792. The van der Waals surface area contributed by atoms with E-state index in [1.807, 2.05) is 0 Å². The molecule has 1 atom stereocenters. The molecule has 1 saturated carbocycles. The van der Waals surface area contributed by atoms with Gasteiger partial charge in [-0.2, -0.15) is 0 Å². The molecule has 1 aliphatic carbocycles. The first-order valence-electron chi connectivity index (χ1n) is 7.22. The number of nitrogens with one attached hydrogen (secondary N) is 1. The molecule has 1 rings (SSSR count). The van der Waals surface area contributed by atoms with Crippen LogP contribution in [0.25, 0.3) is 0 Å². The number of rotatable bonds is 9. The fourth-order valence-electron chi connectivity index (χ4n) is 2.66. The van der Waals surface area contributed by atoms with Crippen LogP contribution in [0, 0.1) is 5.92 Å². The van der Waals surface area contributed by atoms with Crippen LogP contribution in [0.1, 0.15) is 44.9 Å². The zero-order valence-corrected chi connectivity index (χ0v) is 11.6. The minimum atomic E-state index is -0.132. The molecule has 1 unspecified atom stereocenters. The van der Waals surface area contributed by atoms with Crippen LogP contribution in [0.15, 0.2) is 0 Å². The van der Waals surface area contributed by atoms with Gasteiger partial charge in [0.25, 0.3) is 0 Å². The first kappa shape index (κ1) is 14.9. The lowest BCUT2D eigenvalue weighted by molar-refractivity contribution is 0.140. The molecule has 0 radical (unpaired) electrons. The highest BCUT2D eigenvalue weighted by molar-refractivity contribution is 4.72. The summed E-state index contributed by atoms with van der Waals surface area (Å²) in [5, 5.41) is 13.2. The lowest BCUT2D eigenvalue weighted by Gasteiger charge is -2.16. The average molecular weight is 242 g/mol. The predicted octanol–water partition coefficient (Wildman–Crippen LogP) is 1.86. The highest BCUT2D eigenvalue weighted by Gasteiger charge is 2.18. The Bertz CT molecular complexity index is 179. The molecule has 0 saturated heterocycles. The standard InChI is InChI=1S/C14H30N2O/c1-16(2)10-6-5-9-15-12-14(17)11-13-7-3-4-8-13/h13-15,17H,3-12H2,1-2H3. The maximum Gasteiger partial charge on any atom is 0.0667 e. The third kappa shape index (κ3) is 7.74. The zero-order valence-electron chi connectivity index (χ0n) is 11.6. The van der Waals surface area contributed by atoms with Crippen molar-refractivity contribution in [2.24, 2.45) is 5.92 Å². The average Bonchev–Trinajstić information content (AvgIpc) is 2.75. The van der Waals surface area contributed by atoms with E-state index in [2.05, 4.69) is 24.3 Å². The van der Waals surface area contributed by atoms with E-state index in [9.17, 15) is 5.11 Å². The van der Waals surface area contributed by atoms with Gasteiger partial charge in [0.1, 0.15) is 0 Å². The van der Waals surface area contributed by atoms with Crippen LogP contribution in [0.5, 0.6) is 0 Å². The van der Waals surface area contributed by atoms with Gasteiger partial charge in [-0.1, -0.05) is 25.7 Å². The third-order valence-electron chi connectivity index (χ3n) is 3.67. The molecule has 1 fully saturated rings. The van der Waals surface area contributed by atoms with Gasteiger partial charge in [0.05, 0.1) is 6.10 Å². The van der Waals surface area contributed by atoms with Crippen LogP contribution in [0.4, 0.5) is 0 Å². The number of nitrogens with zero attached hydrogens (tertiary/aromatic N) is 1. The van der Waals surface area contributed by atoms with Crippen molar-refractivity contribution in [1.29, 1.82) is 0 Å². The van der Waals surface area contributed by atoms with Crippen molar-refractivity contribution < 1.29 is 5.11 Å². The molecule has 0 aromatic rings. The van der Waals surface area contributed by atoms with Crippen molar-refractivity contribution in [2.45, 2.75) is 51.0 Å². The minimum absolute atomic E-state index is 0.132. The monoisotopic (exact) mass is 242 g/mol. The van der Waals surface area contributed by atoms with Crippen LogP contribution in [0.2, 0.25) is 0 Å². The smallest absolute Gasteiger partial charge is 0.0667 e. The van der Waals surface area contributed by atoms with Crippen molar-refractivity contribution in [1.82, 2.24) is 10.2 Å². The maximum atomic E-state index is 9.88. The molecule has 17 heavy (non-hydrogen) atoms. The van der Waals surface area contributed by atoms with Crippen molar-refractivity contribution in [3.63, 3.8) is 0 Å². The molecule has 3 nitrogen and oxygen atoms in total. The van der Waals surface area contributed by atoms with Gasteiger partial charge in [-0.3, -0.25) is 0 Å². The first-order chi connectivity index (χ1) is 8.18. The van der Waals surface area contributed by atoms with Crippen LogP contribution < -0.4 is 5.32 Å². The highest BCUT2D eigenvalue weighted by atomic mass is 16.3. The van der Waals surface area contributed by atoms with Gasteiger partial charge >= 0.3 is 0 Å². The molecular weight excluding hydrogens is 212 g/mol. The Labute approximate surface area is 107 Å². The Kier molecular flexibility index (Phi) is 7.82. The largest absolute Gasteiger partial charge is 0.392 e. The fourth-order valence-corrected chi connectivity index (χ4v) is 2.66. The van der Waals surface area contributed by atoms with Gasteiger partial charge in [0.2, 0.25) is 0 Å². The minimum Gasteiger partial charge on any atom is -0.392 e. The first-order valence-corrected chi connectivity index (χ1v) is 7.22. The predicted molar refractivity (Wildman–Crippen MR) is 73.2 cm³/mol. The van der Waals surface area contributed by atoms with Gasteiger partial charge in [-0.05, 0) is 52.4 Å². The summed E-state index contributed by atoms with van der Waals surface area (Å²) in [7, 11) is 4.22. The second-order valence-corrected chi connectivity index (χ2v) is 5.75. The van der Waals surface area contributed by atoms with E-state index in [0.29, 0.717) is 0 Å². The van der Waals surface area contributed by atoms with E-state index >= 15 is 0 Å². The van der Waals surface area contributed by atoms with E-state index in [1.54, 1.807) is 0 Å². The second kappa shape index (κ2) is 8.90. The molecule has 0 aliphatic heterocycles. The van der Waals surface area contributed by atoms with E-state index in [1.165, 1.54) is 38.5 Å². The lowest BCUT2D eigenvalue weighted by Crippen LogP contribution is -2.29. The topological polar surface area (TPSA) is 35.5 Å². The Balaban J connectivity index is 1.87. The molecule has 0 amide bonds. The van der Waals surface area contributed by atoms with Gasteiger partial charge in [-0.25, -0.2) is 0 Å². The van der Waals surface area contributed by atoms with Gasteiger partial charge in [0.15, 0.2) is 0 Å². The molecule has 3 heteroatoms. The maximum absolute atomic E-state index is 9.88. The third-order valence-corrected chi connectivity index (χ3v) is 3.67. The van der Waals surface area contributed by atoms with Crippen molar-refractivity contribution in [3.8, 4) is 0 Å². The molecule has 2 N–H and O–H groups in total. The normalized spacial score (nSPS) is 19.1. The van der Waals surface area contributed by atoms with Gasteiger partial charge in [-0.15, -0.1) is 0 Å². The van der Waals surface area contributed by atoms with Crippen LogP contribution >= 0.6 is 0 Å². The summed E-state index contributed by atoms with van der Waals surface area (Å²) in [6.07, 6.45) is 8.72. The molecule has 102 valence electrons. The van der Waals surface area contributed by atoms with Gasteiger partial charge in [0, 0.05) is 6.54 Å². The zero-order chi connectivity index (χ0) is 12.5. The molecular formula is C14H30N2O. The van der Waals surface area contributed by atoms with Gasteiger partial charge < -0.3 is 15.3 Å². The van der Waals surface area contributed by atoms with E-state index < -0.39 is 0 Å². The summed E-state index contributed by atoms with van der Waals surface area (Å²) in [4.78, 5) is 2.22. The molecule has 0 aromatic heterocycles. The molecule has 0 bridgehead atoms. The number of aliphatic hydroxyl groups is 1. The van der Waals surface area contributed by atoms with Crippen molar-refractivity contribution >= 4 is 0 Å². The molecule has 1 aliphatic rings. The number of aliphatic hydroxyl groups excluding tert-OH is 1. The SMILES string of the molecule is CN(C)CCCCNCC(O)CC1CCCC1.